The highest BCUT2D eigenvalue weighted by Crippen LogP contribution is 2.09. The third kappa shape index (κ3) is 1.40. The predicted octanol–water partition coefficient (Wildman–Crippen LogP) is 0.183. The van der Waals surface area contributed by atoms with Crippen LogP contribution in [0, 0.1) is 6.85 Å². The highest BCUT2D eigenvalue weighted by atomic mass is 16.1. The minimum atomic E-state index is -2.57. The van der Waals surface area contributed by atoms with E-state index in [1.165, 1.54) is 0 Å². The Labute approximate surface area is 102 Å². The predicted molar refractivity (Wildman–Crippen MR) is 59.4 cm³/mol. The largest absolute Gasteiger partial charge is 0.269 e. The van der Waals surface area contributed by atoms with Crippen molar-refractivity contribution in [1.82, 2.24) is 30.0 Å². The Hall–Kier alpha value is -2.57. The lowest BCUT2D eigenvalue weighted by molar-refractivity contribution is 0.881. The topological polar surface area (TPSA) is 88.8 Å². The first-order valence-corrected chi connectivity index (χ1v) is 4.57. The number of aromatic nitrogens is 6. The number of aromatic amines is 1. The summed E-state index contributed by atoms with van der Waals surface area (Å²) in [6, 6.07) is 0.932. The van der Waals surface area contributed by atoms with Crippen LogP contribution < -0.4 is 5.56 Å². The van der Waals surface area contributed by atoms with Crippen molar-refractivity contribution >= 4 is 5.65 Å². The zero-order valence-electron chi connectivity index (χ0n) is 13.3. The maximum atomic E-state index is 12.5. The molecule has 3 rings (SSSR count). The van der Waals surface area contributed by atoms with Gasteiger partial charge in [0.2, 0.25) is 5.82 Å². The Kier molecular flexibility index (Phi) is 1.16. The van der Waals surface area contributed by atoms with E-state index in [4.69, 9.17) is 6.85 Å². The number of H-pyrrole nitrogens is 1. The van der Waals surface area contributed by atoms with Crippen LogP contribution in [0.3, 0.4) is 0 Å². The van der Waals surface area contributed by atoms with Gasteiger partial charge in [0.15, 0.2) is 0 Å². The number of fused-ring (bicyclic) bond motifs is 1. The van der Waals surface area contributed by atoms with Gasteiger partial charge in [0.25, 0.3) is 5.56 Å². The smallest absolute Gasteiger partial charge is 0.268 e. The Morgan fingerprint density at radius 3 is 3.29 bits per heavy atom. The molecule has 0 aromatic carbocycles. The maximum absolute atomic E-state index is 12.5. The van der Waals surface area contributed by atoms with E-state index in [0.29, 0.717) is 0 Å². The zero-order chi connectivity index (χ0) is 16.1. The normalized spacial score (nSPS) is 15.9. The van der Waals surface area contributed by atoms with Gasteiger partial charge < -0.3 is 0 Å². The first kappa shape index (κ1) is 5.67. The first-order valence-electron chi connectivity index (χ1n) is 7.07. The number of aryl methyl sites for hydroxylation is 1. The molecular weight excluding hydrogens is 220 g/mol. The minimum Gasteiger partial charge on any atom is -0.268 e. The van der Waals surface area contributed by atoms with E-state index in [1.807, 2.05) is 0 Å². The molecule has 84 valence electrons. The summed E-state index contributed by atoms with van der Waals surface area (Å²) in [5.74, 6) is -0.122. The minimum absolute atomic E-state index is 0.122. The molecule has 3 aromatic rings. The van der Waals surface area contributed by atoms with E-state index in [2.05, 4.69) is 25.6 Å². The Morgan fingerprint density at radius 1 is 1.59 bits per heavy atom. The summed E-state index contributed by atoms with van der Waals surface area (Å²) in [7, 11) is 0. The zero-order valence-corrected chi connectivity index (χ0v) is 8.30. The average Bonchev–Trinajstić information content (AvgIpc) is 2.92. The van der Waals surface area contributed by atoms with Gasteiger partial charge in [-0.15, -0.1) is 10.2 Å². The van der Waals surface area contributed by atoms with Crippen molar-refractivity contribution in [2.45, 2.75) is 6.85 Å². The van der Waals surface area contributed by atoms with Gasteiger partial charge in [0.05, 0.1) is 2.74 Å². The van der Waals surface area contributed by atoms with Gasteiger partial charge in [-0.2, -0.15) is 5.21 Å². The Bertz CT molecular complexity index is 916. The van der Waals surface area contributed by atoms with Crippen molar-refractivity contribution in [3.63, 3.8) is 0 Å². The molecule has 0 atom stereocenters. The number of hydrogen-bond donors (Lipinski definition) is 1. The molecule has 0 aliphatic rings. The molecule has 1 N–H and O–H groups in total. The van der Waals surface area contributed by atoms with E-state index in [9.17, 15) is 4.79 Å². The average molecular weight is 233 g/mol. The van der Waals surface area contributed by atoms with Crippen molar-refractivity contribution in [2.24, 2.45) is 0 Å². The summed E-state index contributed by atoms with van der Waals surface area (Å²) >= 11 is 0. The second-order valence-corrected chi connectivity index (χ2v) is 3.19. The van der Waals surface area contributed by atoms with Crippen LogP contribution in [0.5, 0.6) is 0 Å². The summed E-state index contributed by atoms with van der Waals surface area (Å²) in [6.45, 7) is -2.57. The Balaban J connectivity index is 2.46. The fraction of sp³-hybridized carbons (Fsp3) is 0.100. The number of hydrogen-bond acceptors (Lipinski definition) is 5. The van der Waals surface area contributed by atoms with E-state index in [-0.39, 0.29) is 28.6 Å². The molecule has 3 heterocycles. The summed E-state index contributed by atoms with van der Waals surface area (Å²) in [4.78, 5) is 16.4. The first-order chi connectivity index (χ1) is 10.3. The molecule has 7 nitrogen and oxygen atoms in total. The Morgan fingerprint density at radius 2 is 2.53 bits per heavy atom. The van der Waals surface area contributed by atoms with Crippen molar-refractivity contribution in [1.29, 1.82) is 0 Å². The van der Waals surface area contributed by atoms with E-state index in [0.717, 1.165) is 16.7 Å². The lowest BCUT2D eigenvalue weighted by Crippen LogP contribution is -2.17. The summed E-state index contributed by atoms with van der Waals surface area (Å²) in [6.07, 6.45) is 0.665. The van der Waals surface area contributed by atoms with Gasteiger partial charge >= 0.3 is 0 Å². The van der Waals surface area contributed by atoms with Crippen LogP contribution >= 0.6 is 0 Å². The lowest BCUT2D eigenvalue weighted by Gasteiger charge is -2.03. The molecule has 7 heteroatoms. The van der Waals surface area contributed by atoms with Crippen LogP contribution in [-0.4, -0.2) is 30.0 Å². The molecule has 0 aliphatic carbocycles. The SMILES string of the molecule is [2H]c1cc(C([2H])([2H])[2H])c2nc([2H])c(-c3nn[nH]n3)c(=O)n2c1. The van der Waals surface area contributed by atoms with Crippen molar-refractivity contribution in [3.8, 4) is 11.4 Å². The molecular formula is C10H8N6O. The fourth-order valence-corrected chi connectivity index (χ4v) is 1.41. The molecule has 0 saturated carbocycles. The van der Waals surface area contributed by atoms with Gasteiger partial charge in [-0.1, -0.05) is 6.07 Å². The molecule has 0 aliphatic heterocycles. The van der Waals surface area contributed by atoms with Crippen LogP contribution in [0.1, 0.15) is 12.4 Å². The molecule has 0 radical (unpaired) electrons. The third-order valence-electron chi connectivity index (χ3n) is 2.18. The highest BCUT2D eigenvalue weighted by Gasteiger charge is 2.11. The molecule has 0 amide bonds. The third-order valence-corrected chi connectivity index (χ3v) is 2.18. The molecule has 0 bridgehead atoms. The van der Waals surface area contributed by atoms with Crippen molar-refractivity contribution in [3.05, 3.63) is 40.4 Å². The van der Waals surface area contributed by atoms with E-state index in [1.54, 1.807) is 0 Å². The van der Waals surface area contributed by atoms with Crippen LogP contribution in [-0.2, 0) is 0 Å². The summed E-state index contributed by atoms with van der Waals surface area (Å²) < 4.78 is 38.9. The molecule has 0 spiro atoms. The van der Waals surface area contributed by atoms with Gasteiger partial charge in [0.1, 0.15) is 11.2 Å². The number of tetrazole rings is 1. The number of nitrogens with one attached hydrogen (secondary N) is 1. The number of rotatable bonds is 1. The second kappa shape index (κ2) is 3.48. The number of nitrogens with zero attached hydrogens (tertiary/aromatic N) is 5. The van der Waals surface area contributed by atoms with Crippen LogP contribution in [0.25, 0.3) is 17.0 Å². The van der Waals surface area contributed by atoms with Gasteiger partial charge in [0, 0.05) is 16.5 Å². The molecule has 0 saturated heterocycles. The fourth-order valence-electron chi connectivity index (χ4n) is 1.41. The second-order valence-electron chi connectivity index (χ2n) is 3.19. The lowest BCUT2D eigenvalue weighted by atomic mass is 10.2. The number of pyridine rings is 1. The molecule has 0 fully saturated rings. The monoisotopic (exact) mass is 233 g/mol. The quantitative estimate of drug-likeness (QED) is 0.647. The molecule has 3 aromatic heterocycles. The van der Waals surface area contributed by atoms with Gasteiger partial charge in [-0.25, -0.2) is 4.98 Å². The van der Waals surface area contributed by atoms with E-state index >= 15 is 0 Å². The molecule has 17 heavy (non-hydrogen) atoms. The van der Waals surface area contributed by atoms with Crippen LogP contribution in [0.4, 0.5) is 0 Å². The van der Waals surface area contributed by atoms with Crippen molar-refractivity contribution < 1.29 is 6.85 Å². The van der Waals surface area contributed by atoms with E-state index < -0.39 is 18.6 Å². The summed E-state index contributed by atoms with van der Waals surface area (Å²) in [5.41, 5.74) is -1.44. The van der Waals surface area contributed by atoms with Crippen LogP contribution in [0.15, 0.2) is 29.3 Å². The van der Waals surface area contributed by atoms with Gasteiger partial charge in [-0.3, -0.25) is 9.20 Å². The summed E-state index contributed by atoms with van der Waals surface area (Å²) in [5, 5.41) is 12.7. The maximum Gasteiger partial charge on any atom is 0.269 e. The highest BCUT2D eigenvalue weighted by molar-refractivity contribution is 5.55. The van der Waals surface area contributed by atoms with Crippen LogP contribution in [0.2, 0.25) is 0 Å². The van der Waals surface area contributed by atoms with Crippen molar-refractivity contribution in [2.75, 3.05) is 0 Å². The standard InChI is InChI=1S/C10H8N6O/c1-6-3-2-4-16-9(6)11-5-7(10(16)17)8-12-14-15-13-8/h2-5H,1H3,(H,12,13,14,15)/i1D3,2D,5D. The van der Waals surface area contributed by atoms with Gasteiger partial charge in [-0.05, 0) is 23.7 Å². The molecule has 0 unspecified atom stereocenters.